The first-order valence-corrected chi connectivity index (χ1v) is 18.1. The van der Waals surface area contributed by atoms with E-state index in [1.165, 1.54) is 30.3 Å². The summed E-state index contributed by atoms with van der Waals surface area (Å²) in [5.41, 5.74) is -2.36. The molecule has 3 heterocycles. The van der Waals surface area contributed by atoms with Crippen molar-refractivity contribution in [2.24, 2.45) is 17.8 Å². The van der Waals surface area contributed by atoms with Gasteiger partial charge in [0, 0.05) is 30.0 Å². The van der Waals surface area contributed by atoms with E-state index in [1.54, 1.807) is 26.8 Å². The van der Waals surface area contributed by atoms with Crippen LogP contribution in [0.4, 0.5) is 9.18 Å². The average molecular weight is 732 g/mol. The highest BCUT2D eigenvalue weighted by Crippen LogP contribution is 2.46. The molecule has 8 unspecified atom stereocenters. The number of aromatic nitrogens is 1. The summed E-state index contributed by atoms with van der Waals surface area (Å²) >= 11 is -2.68. The number of hydrogen-bond donors (Lipinski definition) is 4. The van der Waals surface area contributed by atoms with Crippen LogP contribution in [0.5, 0.6) is 11.6 Å². The van der Waals surface area contributed by atoms with Crippen molar-refractivity contribution in [3.05, 3.63) is 42.4 Å². The summed E-state index contributed by atoms with van der Waals surface area (Å²) in [6, 6.07) is 1.87. The van der Waals surface area contributed by atoms with Crippen LogP contribution in [-0.2, 0) is 30.4 Å². The number of fused-ring (bicyclic) bond motifs is 3. The van der Waals surface area contributed by atoms with E-state index in [2.05, 4.69) is 15.6 Å². The van der Waals surface area contributed by atoms with Crippen LogP contribution in [0.2, 0.25) is 0 Å². The zero-order chi connectivity index (χ0) is 37.2. The van der Waals surface area contributed by atoms with E-state index in [9.17, 15) is 32.3 Å². The number of amides is 4. The lowest BCUT2D eigenvalue weighted by Gasteiger charge is -2.33. The van der Waals surface area contributed by atoms with Crippen LogP contribution >= 0.6 is 0 Å². The van der Waals surface area contributed by atoms with E-state index < -0.39 is 76.1 Å². The second kappa shape index (κ2) is 15.1. The van der Waals surface area contributed by atoms with Gasteiger partial charge < -0.3 is 29.7 Å². The maximum atomic E-state index is 14.6. The van der Waals surface area contributed by atoms with Crippen molar-refractivity contribution in [3.63, 3.8) is 0 Å². The molecule has 8 atom stereocenters. The van der Waals surface area contributed by atoms with Gasteiger partial charge in [-0.1, -0.05) is 26.0 Å². The van der Waals surface area contributed by atoms with Gasteiger partial charge in [0.25, 0.3) is 17.2 Å². The number of halogens is 1. The number of nitrogens with one attached hydrogen (secondary N) is 3. The van der Waals surface area contributed by atoms with Crippen LogP contribution in [0, 0.1) is 23.6 Å². The SMILES string of the molecule is COc1cc(F)cc2c(OC3CC4C(=O)NC5(C(=O)NS(=O)O)CC5C=CCCC(C)CC(C)C(NC(=O)OC(C)(C)C)C(=O)N4C3)nccc12. The third kappa shape index (κ3) is 8.78. The number of carbonyl (C=O) groups is 4. The first-order chi connectivity index (χ1) is 24.0. The minimum atomic E-state index is -2.68. The van der Waals surface area contributed by atoms with Gasteiger partial charge in [-0.2, -0.15) is 0 Å². The molecule has 1 saturated carbocycles. The Hall–Kier alpha value is -4.31. The van der Waals surface area contributed by atoms with Crippen molar-refractivity contribution in [1.29, 1.82) is 0 Å². The van der Waals surface area contributed by atoms with Gasteiger partial charge in [-0.15, -0.1) is 0 Å². The van der Waals surface area contributed by atoms with Crippen molar-refractivity contribution in [2.45, 2.75) is 96.1 Å². The first kappa shape index (κ1) is 37.9. The number of pyridine rings is 1. The monoisotopic (exact) mass is 731 g/mol. The summed E-state index contributed by atoms with van der Waals surface area (Å²) in [5.74, 6) is -3.01. The van der Waals surface area contributed by atoms with Crippen molar-refractivity contribution in [2.75, 3.05) is 13.7 Å². The van der Waals surface area contributed by atoms with Crippen LogP contribution in [0.1, 0.15) is 66.7 Å². The van der Waals surface area contributed by atoms with E-state index in [4.69, 9.17) is 14.2 Å². The summed E-state index contributed by atoms with van der Waals surface area (Å²) in [7, 11) is 1.41. The second-order valence-corrected chi connectivity index (χ2v) is 15.4. The Bertz CT molecular complexity index is 1730. The summed E-state index contributed by atoms with van der Waals surface area (Å²) in [6.07, 6.45) is 5.72. The Morgan fingerprint density at radius 1 is 1.18 bits per heavy atom. The van der Waals surface area contributed by atoms with E-state index in [0.29, 0.717) is 23.6 Å². The number of methoxy groups -OCH3 is 1. The highest BCUT2D eigenvalue weighted by atomic mass is 32.2. The Morgan fingerprint density at radius 3 is 2.61 bits per heavy atom. The first-order valence-electron chi connectivity index (χ1n) is 17.0. The van der Waals surface area contributed by atoms with Crippen LogP contribution in [0.25, 0.3) is 10.8 Å². The van der Waals surface area contributed by atoms with E-state index in [1.807, 2.05) is 30.7 Å². The van der Waals surface area contributed by atoms with Gasteiger partial charge in [0.15, 0.2) is 0 Å². The third-order valence-electron chi connectivity index (χ3n) is 9.54. The van der Waals surface area contributed by atoms with E-state index in [-0.39, 0.29) is 42.9 Å². The molecular weight excluding hydrogens is 685 g/mol. The highest BCUT2D eigenvalue weighted by Gasteiger charge is 2.61. The zero-order valence-corrected chi connectivity index (χ0v) is 30.4. The second-order valence-electron chi connectivity index (χ2n) is 14.7. The van der Waals surface area contributed by atoms with Gasteiger partial charge in [0.2, 0.25) is 17.7 Å². The molecule has 1 aliphatic carbocycles. The molecule has 1 aromatic heterocycles. The minimum Gasteiger partial charge on any atom is -0.496 e. The third-order valence-corrected chi connectivity index (χ3v) is 9.90. The lowest BCUT2D eigenvalue weighted by Crippen LogP contribution is -2.59. The molecule has 2 aromatic rings. The molecule has 14 nitrogen and oxygen atoms in total. The molecule has 2 fully saturated rings. The molecule has 2 aliphatic heterocycles. The van der Waals surface area contributed by atoms with Crippen molar-refractivity contribution >= 4 is 45.9 Å². The number of carbonyl (C=O) groups excluding carboxylic acids is 4. The van der Waals surface area contributed by atoms with Crippen molar-refractivity contribution < 1.29 is 46.5 Å². The molecule has 0 radical (unpaired) electrons. The fourth-order valence-electron chi connectivity index (χ4n) is 7.03. The summed E-state index contributed by atoms with van der Waals surface area (Å²) in [5, 5.41) is 6.40. The molecule has 4 N–H and O–H groups in total. The summed E-state index contributed by atoms with van der Waals surface area (Å²) in [4.78, 5) is 60.7. The number of allylic oxidation sites excluding steroid dienone is 1. The lowest BCUT2D eigenvalue weighted by molar-refractivity contribution is -0.142. The Labute approximate surface area is 298 Å². The van der Waals surface area contributed by atoms with Crippen molar-refractivity contribution in [1.82, 2.24) is 25.2 Å². The zero-order valence-electron chi connectivity index (χ0n) is 29.6. The number of alkyl carbamates (subject to hydrolysis) is 1. The lowest BCUT2D eigenvalue weighted by atomic mass is 9.88. The topological polar surface area (TPSA) is 185 Å². The highest BCUT2D eigenvalue weighted by molar-refractivity contribution is 7.77. The number of hydrogen-bond acceptors (Lipinski definition) is 9. The number of ether oxygens (including phenoxy) is 3. The smallest absolute Gasteiger partial charge is 0.408 e. The molecule has 0 spiro atoms. The van der Waals surface area contributed by atoms with Crippen LogP contribution in [0.15, 0.2) is 36.5 Å². The predicted molar refractivity (Wildman–Crippen MR) is 185 cm³/mol. The average Bonchev–Trinajstić information content (AvgIpc) is 3.57. The van der Waals surface area contributed by atoms with Crippen LogP contribution < -0.4 is 24.8 Å². The fourth-order valence-corrected chi connectivity index (χ4v) is 7.37. The number of nitrogens with zero attached hydrogens (tertiary/aromatic N) is 2. The minimum absolute atomic E-state index is 0.0455. The van der Waals surface area contributed by atoms with Gasteiger partial charge in [0.05, 0.1) is 19.0 Å². The molecule has 16 heteroatoms. The predicted octanol–water partition coefficient (Wildman–Crippen LogP) is 3.76. The fraction of sp³-hybridized carbons (Fsp3) is 0.571. The van der Waals surface area contributed by atoms with Gasteiger partial charge in [0.1, 0.15) is 40.9 Å². The van der Waals surface area contributed by atoms with Gasteiger partial charge in [-0.25, -0.2) is 23.1 Å². The van der Waals surface area contributed by atoms with E-state index >= 15 is 0 Å². The molecule has 278 valence electrons. The molecule has 1 aromatic carbocycles. The normalized spacial score (nSPS) is 29.1. The molecule has 5 rings (SSSR count). The molecule has 51 heavy (non-hydrogen) atoms. The van der Waals surface area contributed by atoms with Gasteiger partial charge >= 0.3 is 6.09 Å². The molecular formula is C35H46FN5O9S. The number of benzene rings is 1. The standard InChI is InChI=1S/C35H46FN5O9S/c1-19-9-7-8-10-21-17-35(21,32(44)40-51(46)47)39-29(42)26-16-23(49-30-25-14-22(36)15-27(48-6)24(25)11-12-37-30)18-41(26)31(43)28(20(2)13-19)38-33(45)50-34(3,4)5/h8,10-12,14-15,19-21,23,26,28H,7,9,13,16-18H2,1-6H3,(H,38,45)(H,39,42)(H,40,44)(H,46,47). The van der Waals surface area contributed by atoms with Crippen LogP contribution in [-0.4, -0.2) is 85.4 Å². The van der Waals surface area contributed by atoms with Crippen LogP contribution in [0.3, 0.4) is 0 Å². The summed E-state index contributed by atoms with van der Waals surface area (Å²) in [6.45, 7) is 8.91. The largest absolute Gasteiger partial charge is 0.496 e. The molecule has 3 aliphatic rings. The maximum Gasteiger partial charge on any atom is 0.408 e. The Kier molecular flexibility index (Phi) is 11.2. The molecule has 1 saturated heterocycles. The maximum absolute atomic E-state index is 14.6. The molecule has 0 bridgehead atoms. The van der Waals surface area contributed by atoms with E-state index in [0.717, 1.165) is 6.42 Å². The molecule has 4 amide bonds. The summed E-state index contributed by atoms with van der Waals surface area (Å²) < 4.78 is 54.7. The Balaban J connectivity index is 1.52. The Morgan fingerprint density at radius 2 is 1.92 bits per heavy atom. The van der Waals surface area contributed by atoms with Crippen molar-refractivity contribution in [3.8, 4) is 11.6 Å². The van der Waals surface area contributed by atoms with Gasteiger partial charge in [-0.3, -0.25) is 18.9 Å². The van der Waals surface area contributed by atoms with Gasteiger partial charge in [-0.05, 0) is 70.4 Å². The number of rotatable bonds is 6. The quantitative estimate of drug-likeness (QED) is 0.252.